The van der Waals surface area contributed by atoms with Gasteiger partial charge < -0.3 is 4.74 Å². The molecule has 0 fully saturated rings. The van der Waals surface area contributed by atoms with E-state index in [9.17, 15) is 9.18 Å². The van der Waals surface area contributed by atoms with Gasteiger partial charge in [-0.25, -0.2) is 4.98 Å². The van der Waals surface area contributed by atoms with Gasteiger partial charge >= 0.3 is 0 Å². The number of aromatic nitrogens is 1. The van der Waals surface area contributed by atoms with Crippen LogP contribution in [0.4, 0.5) is 4.39 Å². The van der Waals surface area contributed by atoms with Gasteiger partial charge in [-0.05, 0) is 5.56 Å². The summed E-state index contributed by atoms with van der Waals surface area (Å²) in [5, 5.41) is -0.324. The van der Waals surface area contributed by atoms with Crippen molar-refractivity contribution in [3.05, 3.63) is 58.6 Å². The second kappa shape index (κ2) is 5.60. The third-order valence-electron chi connectivity index (χ3n) is 2.33. The first-order valence-electron chi connectivity index (χ1n) is 5.18. The van der Waals surface area contributed by atoms with E-state index in [0.29, 0.717) is 6.29 Å². The van der Waals surface area contributed by atoms with Gasteiger partial charge in [0.2, 0.25) is 5.95 Å². The molecule has 5 heteroatoms. The Morgan fingerprint density at radius 3 is 2.72 bits per heavy atom. The Kier molecular flexibility index (Phi) is 3.89. The van der Waals surface area contributed by atoms with Gasteiger partial charge in [-0.15, -0.1) is 0 Å². The zero-order valence-corrected chi connectivity index (χ0v) is 10.0. The van der Waals surface area contributed by atoms with E-state index in [-0.39, 0.29) is 22.9 Å². The number of rotatable bonds is 4. The Balaban J connectivity index is 2.20. The topological polar surface area (TPSA) is 39.2 Å². The number of halogens is 2. The van der Waals surface area contributed by atoms with Crippen molar-refractivity contribution in [2.75, 3.05) is 0 Å². The van der Waals surface area contributed by atoms with Gasteiger partial charge in [0.05, 0.1) is 11.8 Å². The average Bonchev–Trinajstić information content (AvgIpc) is 2.41. The van der Waals surface area contributed by atoms with Crippen molar-refractivity contribution in [1.82, 2.24) is 4.98 Å². The largest absolute Gasteiger partial charge is 0.486 e. The summed E-state index contributed by atoms with van der Waals surface area (Å²) in [6.07, 6.45) is 1.60. The third-order valence-corrected chi connectivity index (χ3v) is 2.69. The highest BCUT2D eigenvalue weighted by Crippen LogP contribution is 2.26. The van der Waals surface area contributed by atoms with Gasteiger partial charge in [0.1, 0.15) is 17.4 Å². The van der Waals surface area contributed by atoms with Gasteiger partial charge in [-0.1, -0.05) is 41.9 Å². The molecule has 0 atom stereocenters. The number of hydrogen-bond donors (Lipinski definition) is 0. The number of nitrogens with zero attached hydrogens (tertiary/aromatic N) is 1. The molecule has 3 nitrogen and oxygen atoms in total. The molecule has 0 aliphatic carbocycles. The van der Waals surface area contributed by atoms with E-state index < -0.39 is 5.95 Å². The Morgan fingerprint density at radius 2 is 2.06 bits per heavy atom. The van der Waals surface area contributed by atoms with Gasteiger partial charge in [0.25, 0.3) is 0 Å². The fourth-order valence-corrected chi connectivity index (χ4v) is 1.61. The maximum absolute atomic E-state index is 13.1. The predicted octanol–water partition coefficient (Wildman–Crippen LogP) is 3.27. The Labute approximate surface area is 108 Å². The summed E-state index contributed by atoms with van der Waals surface area (Å²) in [5.74, 6) is -0.717. The number of hydrogen-bond acceptors (Lipinski definition) is 3. The van der Waals surface area contributed by atoms with Crippen LogP contribution >= 0.6 is 11.6 Å². The van der Waals surface area contributed by atoms with Crippen LogP contribution in [0.25, 0.3) is 0 Å². The Hall–Kier alpha value is -1.94. The second-order valence-corrected chi connectivity index (χ2v) is 3.91. The summed E-state index contributed by atoms with van der Waals surface area (Å²) in [6.45, 7) is 0.255. The molecule has 0 aliphatic rings. The molecule has 0 N–H and O–H groups in total. The van der Waals surface area contributed by atoms with E-state index in [2.05, 4.69) is 4.98 Å². The average molecular weight is 266 g/mol. The smallest absolute Gasteiger partial charge is 0.232 e. The fraction of sp³-hybridized carbons (Fsp3) is 0.0769. The molecule has 0 saturated heterocycles. The molecular formula is C13H9ClFNO2. The standard InChI is InChI=1S/C13H9ClFNO2/c14-12-10(7-17)11(6-16-13(12)15)18-8-9-4-2-1-3-5-9/h1-7H,8H2. The van der Waals surface area contributed by atoms with Crippen LogP contribution in [0.3, 0.4) is 0 Å². The van der Waals surface area contributed by atoms with Crippen molar-refractivity contribution in [1.29, 1.82) is 0 Å². The van der Waals surface area contributed by atoms with Crippen LogP contribution in [0, 0.1) is 5.95 Å². The van der Waals surface area contributed by atoms with Crippen LogP contribution in [0.1, 0.15) is 15.9 Å². The van der Waals surface area contributed by atoms with Gasteiger partial charge in [0.15, 0.2) is 6.29 Å². The lowest BCUT2D eigenvalue weighted by atomic mass is 10.2. The molecule has 2 rings (SSSR count). The lowest BCUT2D eigenvalue weighted by molar-refractivity contribution is 0.111. The van der Waals surface area contributed by atoms with E-state index in [1.54, 1.807) is 0 Å². The molecule has 2 aromatic rings. The van der Waals surface area contributed by atoms with Crippen molar-refractivity contribution in [2.45, 2.75) is 6.61 Å². The summed E-state index contributed by atoms with van der Waals surface area (Å²) in [7, 11) is 0. The number of aldehydes is 1. The number of benzene rings is 1. The van der Waals surface area contributed by atoms with Gasteiger partial charge in [-0.2, -0.15) is 4.39 Å². The normalized spacial score (nSPS) is 10.1. The molecule has 0 saturated carbocycles. The van der Waals surface area contributed by atoms with Crippen molar-refractivity contribution in [3.63, 3.8) is 0 Å². The van der Waals surface area contributed by atoms with Crippen molar-refractivity contribution in [2.24, 2.45) is 0 Å². The van der Waals surface area contributed by atoms with E-state index in [4.69, 9.17) is 16.3 Å². The molecule has 0 bridgehead atoms. The maximum Gasteiger partial charge on any atom is 0.232 e. The summed E-state index contributed by atoms with van der Waals surface area (Å²) in [6, 6.07) is 9.37. The van der Waals surface area contributed by atoms with Gasteiger partial charge in [0, 0.05) is 0 Å². The molecule has 1 aromatic heterocycles. The van der Waals surface area contributed by atoms with Crippen LogP contribution in [0.2, 0.25) is 5.02 Å². The number of pyridine rings is 1. The monoisotopic (exact) mass is 265 g/mol. The third kappa shape index (κ3) is 2.65. The van der Waals surface area contributed by atoms with Crippen LogP contribution in [-0.2, 0) is 6.61 Å². The lowest BCUT2D eigenvalue weighted by Crippen LogP contribution is -2.01. The van der Waals surface area contributed by atoms with Crippen molar-refractivity contribution in [3.8, 4) is 5.75 Å². The van der Waals surface area contributed by atoms with Crippen LogP contribution < -0.4 is 4.74 Å². The molecule has 18 heavy (non-hydrogen) atoms. The molecule has 1 aromatic carbocycles. The highest BCUT2D eigenvalue weighted by molar-refractivity contribution is 6.33. The number of ether oxygens (including phenoxy) is 1. The lowest BCUT2D eigenvalue weighted by Gasteiger charge is -2.09. The molecular weight excluding hydrogens is 257 g/mol. The molecule has 0 spiro atoms. The first-order valence-corrected chi connectivity index (χ1v) is 5.56. The van der Waals surface area contributed by atoms with Gasteiger partial charge in [-0.3, -0.25) is 4.79 Å². The summed E-state index contributed by atoms with van der Waals surface area (Å²) < 4.78 is 18.5. The van der Waals surface area contributed by atoms with Crippen molar-refractivity contribution >= 4 is 17.9 Å². The highest BCUT2D eigenvalue weighted by Gasteiger charge is 2.13. The number of carbonyl (C=O) groups is 1. The minimum atomic E-state index is -0.883. The fourth-order valence-electron chi connectivity index (χ4n) is 1.42. The first-order chi connectivity index (χ1) is 8.72. The molecule has 1 heterocycles. The number of carbonyl (C=O) groups excluding carboxylic acids is 1. The molecule has 0 radical (unpaired) electrons. The first kappa shape index (κ1) is 12.5. The van der Waals surface area contributed by atoms with Crippen LogP contribution in [0.15, 0.2) is 36.5 Å². The van der Waals surface area contributed by atoms with Crippen LogP contribution in [-0.4, -0.2) is 11.3 Å². The van der Waals surface area contributed by atoms with E-state index in [0.717, 1.165) is 11.8 Å². The predicted molar refractivity (Wildman–Crippen MR) is 65.4 cm³/mol. The van der Waals surface area contributed by atoms with Crippen LogP contribution in [0.5, 0.6) is 5.75 Å². The molecule has 92 valence electrons. The second-order valence-electron chi connectivity index (χ2n) is 3.53. The minimum absolute atomic E-state index is 0.0277. The summed E-state index contributed by atoms with van der Waals surface area (Å²) in [4.78, 5) is 14.3. The minimum Gasteiger partial charge on any atom is -0.486 e. The summed E-state index contributed by atoms with van der Waals surface area (Å²) >= 11 is 5.63. The molecule has 0 aliphatic heterocycles. The molecule has 0 amide bonds. The van der Waals surface area contributed by atoms with E-state index in [1.165, 1.54) is 0 Å². The highest BCUT2D eigenvalue weighted by atomic mass is 35.5. The maximum atomic E-state index is 13.1. The quantitative estimate of drug-likeness (QED) is 0.629. The Bertz CT molecular complexity index is 560. The van der Waals surface area contributed by atoms with E-state index >= 15 is 0 Å². The summed E-state index contributed by atoms with van der Waals surface area (Å²) in [5.41, 5.74) is 0.898. The zero-order chi connectivity index (χ0) is 13.0. The van der Waals surface area contributed by atoms with Crippen molar-refractivity contribution < 1.29 is 13.9 Å². The zero-order valence-electron chi connectivity index (χ0n) is 9.27. The molecule has 0 unspecified atom stereocenters. The SMILES string of the molecule is O=Cc1c(OCc2ccccc2)cnc(F)c1Cl. The van der Waals surface area contributed by atoms with E-state index in [1.807, 2.05) is 30.3 Å². The Morgan fingerprint density at radius 1 is 1.33 bits per heavy atom.